The molecule has 0 bridgehead atoms. The van der Waals surface area contributed by atoms with Crippen LogP contribution in [0.5, 0.6) is 0 Å². The predicted molar refractivity (Wildman–Crippen MR) is 105 cm³/mol. The Labute approximate surface area is 189 Å². The highest BCUT2D eigenvalue weighted by atomic mass is 16.8. The Morgan fingerprint density at radius 2 is 1.73 bits per heavy atom. The minimum absolute atomic E-state index is 0.0412. The first-order valence-corrected chi connectivity index (χ1v) is 10.2. The van der Waals surface area contributed by atoms with E-state index in [2.05, 4.69) is 0 Å². The highest BCUT2D eigenvalue weighted by molar-refractivity contribution is 5.90. The Balaban J connectivity index is 2.41. The van der Waals surface area contributed by atoms with E-state index in [1.807, 2.05) is 0 Å². The predicted octanol–water partition coefficient (Wildman–Crippen LogP) is -2.04. The average Bonchev–Trinajstić information content (AvgIpc) is 2.78. The SMILES string of the molecule is COC(=O)C[C@@H]1C(C(=O)OC)=CO[C@H](O[C@@H]2O[C@H](CO)[C@@H](O)[C@H](O)[C@H]2O)[C@@H]1[C@@H](C)OC(C)=O. The van der Waals surface area contributed by atoms with Crippen LogP contribution in [-0.2, 0) is 42.8 Å². The van der Waals surface area contributed by atoms with Gasteiger partial charge in [0, 0.05) is 12.8 Å². The Hall–Kier alpha value is -2.29. The molecule has 2 heterocycles. The van der Waals surface area contributed by atoms with Gasteiger partial charge in [-0.3, -0.25) is 9.59 Å². The van der Waals surface area contributed by atoms with Crippen molar-refractivity contribution in [2.24, 2.45) is 11.8 Å². The molecular formula is C20H30O13. The summed E-state index contributed by atoms with van der Waals surface area (Å²) in [6, 6.07) is 0. The quantitative estimate of drug-likeness (QED) is 0.221. The highest BCUT2D eigenvalue weighted by Crippen LogP contribution is 2.39. The van der Waals surface area contributed by atoms with Gasteiger partial charge in [-0.05, 0) is 6.92 Å². The first-order valence-electron chi connectivity index (χ1n) is 10.2. The van der Waals surface area contributed by atoms with Gasteiger partial charge in [-0.25, -0.2) is 4.79 Å². The lowest BCUT2D eigenvalue weighted by molar-refractivity contribution is -0.345. The monoisotopic (exact) mass is 478 g/mol. The largest absolute Gasteiger partial charge is 0.471 e. The molecule has 0 amide bonds. The molecule has 0 aromatic rings. The van der Waals surface area contributed by atoms with Crippen LogP contribution in [0.2, 0.25) is 0 Å². The summed E-state index contributed by atoms with van der Waals surface area (Å²) in [6.45, 7) is 1.98. The van der Waals surface area contributed by atoms with Gasteiger partial charge in [0.25, 0.3) is 0 Å². The Morgan fingerprint density at radius 1 is 1.06 bits per heavy atom. The molecule has 0 aliphatic carbocycles. The minimum Gasteiger partial charge on any atom is -0.471 e. The van der Waals surface area contributed by atoms with Crippen molar-refractivity contribution in [2.75, 3.05) is 20.8 Å². The molecule has 2 aliphatic rings. The summed E-state index contributed by atoms with van der Waals surface area (Å²) >= 11 is 0. The molecule has 2 aliphatic heterocycles. The van der Waals surface area contributed by atoms with E-state index in [1.54, 1.807) is 0 Å². The summed E-state index contributed by atoms with van der Waals surface area (Å²) in [4.78, 5) is 36.0. The number of aliphatic hydroxyl groups is 4. The lowest BCUT2D eigenvalue weighted by Gasteiger charge is -2.44. The number of hydrogen-bond donors (Lipinski definition) is 4. The first-order chi connectivity index (χ1) is 15.5. The lowest BCUT2D eigenvalue weighted by atomic mass is 9.78. The maximum absolute atomic E-state index is 12.3. The zero-order valence-electron chi connectivity index (χ0n) is 18.7. The molecule has 1 saturated heterocycles. The van der Waals surface area contributed by atoms with Crippen LogP contribution in [0.4, 0.5) is 0 Å². The zero-order chi connectivity index (χ0) is 24.9. The number of esters is 3. The smallest absolute Gasteiger partial charge is 0.337 e. The summed E-state index contributed by atoms with van der Waals surface area (Å²) in [5, 5.41) is 39.7. The van der Waals surface area contributed by atoms with E-state index in [0.29, 0.717) is 0 Å². The summed E-state index contributed by atoms with van der Waals surface area (Å²) in [5.41, 5.74) is -0.0412. The highest BCUT2D eigenvalue weighted by Gasteiger charge is 2.50. The van der Waals surface area contributed by atoms with Gasteiger partial charge in [-0.1, -0.05) is 0 Å². The van der Waals surface area contributed by atoms with E-state index in [9.17, 15) is 34.8 Å². The standard InChI is InChI=1S/C20H30O13/c1-8(31-9(2)22)14-10(5-13(23)28-3)11(18(27)29-4)7-30-19(14)33-20-17(26)16(25)15(24)12(6-21)32-20/h7-8,10,12,14-17,19-21,24-26H,5-6H2,1-4H3/t8-,10-,12-,14-,15-,16+,17-,19-,20+/m1/s1. The number of carbonyl (C=O) groups excluding carboxylic acids is 3. The van der Waals surface area contributed by atoms with Crippen LogP contribution >= 0.6 is 0 Å². The molecular weight excluding hydrogens is 448 g/mol. The summed E-state index contributed by atoms with van der Waals surface area (Å²) < 4.78 is 31.3. The maximum atomic E-state index is 12.3. The zero-order valence-corrected chi connectivity index (χ0v) is 18.7. The number of methoxy groups -OCH3 is 2. The molecule has 0 aromatic heterocycles. The fourth-order valence-corrected chi connectivity index (χ4v) is 3.87. The Kier molecular flexibility index (Phi) is 9.57. The van der Waals surface area contributed by atoms with E-state index in [4.69, 9.17) is 28.4 Å². The molecule has 9 atom stereocenters. The van der Waals surface area contributed by atoms with Crippen LogP contribution < -0.4 is 0 Å². The number of hydrogen-bond acceptors (Lipinski definition) is 13. The minimum atomic E-state index is -1.74. The van der Waals surface area contributed by atoms with Crippen molar-refractivity contribution in [3.05, 3.63) is 11.8 Å². The number of ether oxygens (including phenoxy) is 6. The molecule has 188 valence electrons. The molecule has 1 fully saturated rings. The Bertz CT molecular complexity index is 735. The van der Waals surface area contributed by atoms with Crippen molar-refractivity contribution in [1.82, 2.24) is 0 Å². The average molecular weight is 478 g/mol. The molecule has 0 spiro atoms. The third kappa shape index (κ3) is 6.19. The summed E-state index contributed by atoms with van der Waals surface area (Å²) in [5.74, 6) is -4.08. The van der Waals surface area contributed by atoms with Crippen LogP contribution in [0.15, 0.2) is 11.8 Å². The molecule has 0 unspecified atom stereocenters. The van der Waals surface area contributed by atoms with Gasteiger partial charge >= 0.3 is 17.9 Å². The second kappa shape index (κ2) is 11.7. The number of rotatable bonds is 8. The van der Waals surface area contributed by atoms with Gasteiger partial charge in [0.2, 0.25) is 6.29 Å². The van der Waals surface area contributed by atoms with Crippen LogP contribution in [-0.4, -0.2) is 102 Å². The number of carbonyl (C=O) groups is 3. The van der Waals surface area contributed by atoms with E-state index in [-0.39, 0.29) is 12.0 Å². The first kappa shape index (κ1) is 27.0. The van der Waals surface area contributed by atoms with E-state index in [0.717, 1.165) is 20.5 Å². The molecule has 0 radical (unpaired) electrons. The van der Waals surface area contributed by atoms with Crippen molar-refractivity contribution < 1.29 is 63.2 Å². The molecule has 0 aromatic carbocycles. The van der Waals surface area contributed by atoms with E-state index in [1.165, 1.54) is 13.8 Å². The topological polar surface area (TPSA) is 188 Å². The molecule has 2 rings (SSSR count). The normalized spacial score (nSPS) is 35.0. The molecule has 0 saturated carbocycles. The van der Waals surface area contributed by atoms with Crippen LogP contribution in [0, 0.1) is 11.8 Å². The van der Waals surface area contributed by atoms with Gasteiger partial charge in [-0.15, -0.1) is 0 Å². The summed E-state index contributed by atoms with van der Waals surface area (Å²) in [6.07, 6.45) is -9.51. The second-order valence-corrected chi connectivity index (χ2v) is 7.68. The third-order valence-corrected chi connectivity index (χ3v) is 5.55. The van der Waals surface area contributed by atoms with Crippen LogP contribution in [0.3, 0.4) is 0 Å². The van der Waals surface area contributed by atoms with Gasteiger partial charge in [0.15, 0.2) is 6.29 Å². The van der Waals surface area contributed by atoms with Crippen molar-refractivity contribution in [3.8, 4) is 0 Å². The fraction of sp³-hybridized carbons (Fsp3) is 0.750. The lowest BCUT2D eigenvalue weighted by Crippen LogP contribution is -2.60. The molecule has 13 nitrogen and oxygen atoms in total. The van der Waals surface area contributed by atoms with Crippen LogP contribution in [0.1, 0.15) is 20.3 Å². The number of aliphatic hydroxyl groups excluding tert-OH is 4. The van der Waals surface area contributed by atoms with Crippen molar-refractivity contribution in [3.63, 3.8) is 0 Å². The van der Waals surface area contributed by atoms with Crippen molar-refractivity contribution in [1.29, 1.82) is 0 Å². The van der Waals surface area contributed by atoms with E-state index < -0.39 is 79.5 Å². The van der Waals surface area contributed by atoms with Crippen molar-refractivity contribution >= 4 is 17.9 Å². The van der Waals surface area contributed by atoms with Gasteiger partial charge in [0.05, 0.1) is 45.0 Å². The van der Waals surface area contributed by atoms with Gasteiger partial charge in [-0.2, -0.15) is 0 Å². The molecule has 13 heteroatoms. The summed E-state index contributed by atoms with van der Waals surface area (Å²) in [7, 11) is 2.30. The van der Waals surface area contributed by atoms with E-state index >= 15 is 0 Å². The van der Waals surface area contributed by atoms with Gasteiger partial charge < -0.3 is 48.8 Å². The van der Waals surface area contributed by atoms with Crippen molar-refractivity contribution in [2.45, 2.75) is 63.4 Å². The maximum Gasteiger partial charge on any atom is 0.337 e. The second-order valence-electron chi connectivity index (χ2n) is 7.68. The molecule has 33 heavy (non-hydrogen) atoms. The van der Waals surface area contributed by atoms with Crippen LogP contribution in [0.25, 0.3) is 0 Å². The van der Waals surface area contributed by atoms with Gasteiger partial charge in [0.1, 0.15) is 30.5 Å². The third-order valence-electron chi connectivity index (χ3n) is 5.55. The molecule has 4 N–H and O–H groups in total. The Morgan fingerprint density at radius 3 is 2.27 bits per heavy atom. The fourth-order valence-electron chi connectivity index (χ4n) is 3.87.